The van der Waals surface area contributed by atoms with Crippen LogP contribution in [0.4, 0.5) is 0 Å². The van der Waals surface area contributed by atoms with Crippen molar-refractivity contribution in [3.63, 3.8) is 0 Å². The van der Waals surface area contributed by atoms with Gasteiger partial charge in [-0.15, -0.1) is 0 Å². The summed E-state index contributed by atoms with van der Waals surface area (Å²) in [6, 6.07) is 8.14. The molecular weight excluding hydrogens is 400 g/mol. The Morgan fingerprint density at radius 3 is 2.38 bits per heavy atom. The molecule has 0 spiro atoms. The van der Waals surface area contributed by atoms with E-state index in [1.807, 2.05) is 62.6 Å². The van der Waals surface area contributed by atoms with Gasteiger partial charge in [0.05, 0.1) is 12.8 Å². The molecule has 0 saturated carbocycles. The van der Waals surface area contributed by atoms with Crippen molar-refractivity contribution in [2.24, 2.45) is 0 Å². The summed E-state index contributed by atoms with van der Waals surface area (Å²) in [5.74, 6) is 1.21. The van der Waals surface area contributed by atoms with Crippen molar-refractivity contribution in [2.45, 2.75) is 66.2 Å². The summed E-state index contributed by atoms with van der Waals surface area (Å²) in [6.45, 7) is 12.8. The molecule has 172 valence electrons. The van der Waals surface area contributed by atoms with Gasteiger partial charge in [-0.05, 0) is 53.0 Å². The second kappa shape index (κ2) is 10.7. The third kappa shape index (κ3) is 5.72. The molecule has 6 heteroatoms. The van der Waals surface area contributed by atoms with Crippen molar-refractivity contribution >= 4 is 11.8 Å². The third-order valence-corrected chi connectivity index (χ3v) is 6.46. The summed E-state index contributed by atoms with van der Waals surface area (Å²) in [5.41, 5.74) is 4.90. The number of piperidine rings is 1. The highest BCUT2D eigenvalue weighted by Crippen LogP contribution is 2.26. The Hall–Kier alpha value is -2.76. The molecule has 1 aromatic carbocycles. The van der Waals surface area contributed by atoms with E-state index in [2.05, 4.69) is 6.07 Å². The van der Waals surface area contributed by atoms with Gasteiger partial charge in [0.15, 0.2) is 0 Å². The molecule has 1 saturated heterocycles. The van der Waals surface area contributed by atoms with Crippen molar-refractivity contribution in [2.75, 3.05) is 26.2 Å². The quantitative estimate of drug-likeness (QED) is 0.663. The number of rotatable bonds is 7. The van der Waals surface area contributed by atoms with Crippen LogP contribution in [0.5, 0.6) is 0 Å². The molecule has 1 atom stereocenters. The summed E-state index contributed by atoms with van der Waals surface area (Å²) in [4.78, 5) is 38.9. The van der Waals surface area contributed by atoms with E-state index in [0.29, 0.717) is 32.5 Å². The first-order valence-electron chi connectivity index (χ1n) is 11.8. The number of carbonyl (C=O) groups excluding carboxylic acids is 2. The number of aromatic nitrogens is 2. The summed E-state index contributed by atoms with van der Waals surface area (Å²) in [7, 11) is 0. The highest BCUT2D eigenvalue weighted by molar-refractivity contribution is 5.79. The van der Waals surface area contributed by atoms with Crippen molar-refractivity contribution in [3.05, 3.63) is 58.2 Å². The second-order valence-electron chi connectivity index (χ2n) is 8.82. The van der Waals surface area contributed by atoms with Crippen LogP contribution in [0.15, 0.2) is 24.3 Å². The number of hydrogen-bond acceptors (Lipinski definition) is 4. The van der Waals surface area contributed by atoms with Gasteiger partial charge in [0.1, 0.15) is 5.82 Å². The molecule has 6 nitrogen and oxygen atoms in total. The maximum Gasteiger partial charge on any atom is 0.227 e. The largest absolute Gasteiger partial charge is 0.343 e. The van der Waals surface area contributed by atoms with Gasteiger partial charge in [-0.2, -0.15) is 0 Å². The minimum atomic E-state index is 0.114. The van der Waals surface area contributed by atoms with Gasteiger partial charge in [-0.3, -0.25) is 9.59 Å². The number of likely N-dealkylation sites (tertiary alicyclic amines) is 1. The lowest BCUT2D eigenvalue weighted by Crippen LogP contribution is -2.40. The van der Waals surface area contributed by atoms with E-state index in [1.54, 1.807) is 0 Å². The van der Waals surface area contributed by atoms with E-state index in [9.17, 15) is 9.59 Å². The zero-order chi connectivity index (χ0) is 23.3. The van der Waals surface area contributed by atoms with Crippen molar-refractivity contribution < 1.29 is 9.59 Å². The molecule has 3 rings (SSSR count). The Labute approximate surface area is 192 Å². The zero-order valence-electron chi connectivity index (χ0n) is 20.1. The molecule has 0 N–H and O–H groups in total. The Balaban J connectivity index is 1.70. The molecule has 1 fully saturated rings. The lowest BCUT2D eigenvalue weighted by molar-refractivity contribution is -0.132. The monoisotopic (exact) mass is 436 g/mol. The van der Waals surface area contributed by atoms with E-state index in [1.165, 1.54) is 5.56 Å². The number of aryl methyl sites for hydroxylation is 3. The topological polar surface area (TPSA) is 66.4 Å². The fourth-order valence-corrected chi connectivity index (χ4v) is 4.57. The van der Waals surface area contributed by atoms with Crippen LogP contribution in [0, 0.1) is 20.8 Å². The minimum absolute atomic E-state index is 0.114. The average Bonchev–Trinajstić information content (AvgIpc) is 2.77. The molecule has 1 aromatic heterocycles. The van der Waals surface area contributed by atoms with Crippen LogP contribution < -0.4 is 0 Å². The van der Waals surface area contributed by atoms with Crippen LogP contribution in [0.1, 0.15) is 66.5 Å². The van der Waals surface area contributed by atoms with Gasteiger partial charge < -0.3 is 9.80 Å². The molecule has 1 unspecified atom stereocenters. The number of nitrogens with zero attached hydrogens (tertiary/aromatic N) is 4. The fourth-order valence-electron chi connectivity index (χ4n) is 4.57. The molecule has 0 bridgehead atoms. The molecule has 0 radical (unpaired) electrons. The number of hydrogen-bond donors (Lipinski definition) is 0. The van der Waals surface area contributed by atoms with Gasteiger partial charge >= 0.3 is 0 Å². The Bertz CT molecular complexity index is 945. The number of carbonyl (C=O) groups is 2. The summed E-state index contributed by atoms with van der Waals surface area (Å²) in [5, 5.41) is 0. The third-order valence-electron chi connectivity index (χ3n) is 6.46. The average molecular weight is 437 g/mol. The van der Waals surface area contributed by atoms with E-state index in [0.717, 1.165) is 47.7 Å². The lowest BCUT2D eigenvalue weighted by atomic mass is 9.95. The van der Waals surface area contributed by atoms with Crippen LogP contribution in [-0.4, -0.2) is 57.8 Å². The predicted molar refractivity (Wildman–Crippen MR) is 127 cm³/mol. The minimum Gasteiger partial charge on any atom is -0.343 e. The van der Waals surface area contributed by atoms with Gasteiger partial charge in [0.2, 0.25) is 11.8 Å². The van der Waals surface area contributed by atoms with Crippen molar-refractivity contribution in [3.8, 4) is 0 Å². The van der Waals surface area contributed by atoms with Gasteiger partial charge in [0.25, 0.3) is 0 Å². The van der Waals surface area contributed by atoms with Gasteiger partial charge in [-0.25, -0.2) is 9.97 Å². The van der Waals surface area contributed by atoms with Crippen LogP contribution in [-0.2, 0) is 22.4 Å². The molecular formula is C26H36N4O2. The van der Waals surface area contributed by atoms with E-state index >= 15 is 0 Å². The summed E-state index contributed by atoms with van der Waals surface area (Å²) >= 11 is 0. The molecule has 2 heterocycles. The van der Waals surface area contributed by atoms with Gasteiger partial charge in [-0.1, -0.05) is 29.8 Å². The second-order valence-corrected chi connectivity index (χ2v) is 8.82. The number of amides is 2. The molecule has 32 heavy (non-hydrogen) atoms. The van der Waals surface area contributed by atoms with E-state index < -0.39 is 0 Å². The molecule has 2 aromatic rings. The van der Waals surface area contributed by atoms with E-state index in [-0.39, 0.29) is 17.7 Å². The fraction of sp³-hybridized carbons (Fsp3) is 0.538. The smallest absolute Gasteiger partial charge is 0.227 e. The number of benzene rings is 1. The number of likely N-dealkylation sites (N-methyl/N-ethyl adjacent to an activating group) is 1. The lowest BCUT2D eigenvalue weighted by Gasteiger charge is -2.32. The molecule has 1 aliphatic heterocycles. The molecule has 0 aliphatic carbocycles. The highest BCUT2D eigenvalue weighted by atomic mass is 16.2. The standard InChI is InChI=1S/C26H36N4O2/c1-6-29(7-2)25(32)16-23-19(4)27-26(28-20(23)5)22-12-9-13-30(17-22)24(31)15-21-11-8-10-18(3)14-21/h8,10-11,14,22H,6-7,9,12-13,15-17H2,1-5H3. The van der Waals surface area contributed by atoms with Crippen LogP contribution in [0.2, 0.25) is 0 Å². The molecule has 2 amide bonds. The highest BCUT2D eigenvalue weighted by Gasteiger charge is 2.27. The van der Waals surface area contributed by atoms with Crippen molar-refractivity contribution in [1.29, 1.82) is 0 Å². The van der Waals surface area contributed by atoms with Gasteiger partial charge in [0, 0.05) is 49.0 Å². The first kappa shape index (κ1) is 23.9. The predicted octanol–water partition coefficient (Wildman–Crippen LogP) is 3.76. The Kier molecular flexibility index (Phi) is 7.99. The maximum atomic E-state index is 12.9. The Morgan fingerprint density at radius 2 is 1.75 bits per heavy atom. The van der Waals surface area contributed by atoms with E-state index in [4.69, 9.17) is 9.97 Å². The maximum absolute atomic E-state index is 12.9. The van der Waals surface area contributed by atoms with Crippen molar-refractivity contribution in [1.82, 2.24) is 19.8 Å². The SMILES string of the molecule is CCN(CC)C(=O)Cc1c(C)nc(C2CCCN(C(=O)Cc3cccc(C)c3)C2)nc1C. The van der Waals surface area contributed by atoms with Crippen LogP contribution in [0.25, 0.3) is 0 Å². The Morgan fingerprint density at radius 1 is 1.06 bits per heavy atom. The zero-order valence-corrected chi connectivity index (χ0v) is 20.1. The normalized spacial score (nSPS) is 16.2. The summed E-state index contributed by atoms with van der Waals surface area (Å²) < 4.78 is 0. The summed E-state index contributed by atoms with van der Waals surface area (Å²) in [6.07, 6.45) is 2.70. The van der Waals surface area contributed by atoms with Crippen LogP contribution >= 0.6 is 0 Å². The molecule has 1 aliphatic rings. The van der Waals surface area contributed by atoms with Crippen LogP contribution in [0.3, 0.4) is 0 Å². The first-order valence-corrected chi connectivity index (χ1v) is 11.8. The first-order chi connectivity index (χ1) is 15.3.